The smallest absolute Gasteiger partial charge is 0.273 e. The summed E-state index contributed by atoms with van der Waals surface area (Å²) >= 11 is 3.28. The lowest BCUT2D eigenvalue weighted by molar-refractivity contribution is -0.384. The molecule has 2 aromatic carbocycles. The number of benzene rings is 2. The summed E-state index contributed by atoms with van der Waals surface area (Å²) < 4.78 is 0.871. The Hall–Kier alpha value is -2.47. The fourth-order valence-electron chi connectivity index (χ4n) is 1.66. The number of nitro benzene ring substituents is 1. The summed E-state index contributed by atoms with van der Waals surface area (Å²) in [5, 5.41) is 20.2. The largest absolute Gasteiger partial charge is 0.507 e. The number of phenols is 1. The molecule has 0 aliphatic heterocycles. The Morgan fingerprint density at radius 2 is 1.86 bits per heavy atom. The van der Waals surface area contributed by atoms with Gasteiger partial charge in [0.15, 0.2) is 5.78 Å². The number of hydrogen-bond acceptors (Lipinski definition) is 4. The number of hydrogen-bond donors (Lipinski definition) is 1. The SMILES string of the molecule is O=C(/C=C/c1ccc([N+](=O)[O-])cc1O)c1ccc(Br)cc1. The molecule has 0 spiro atoms. The number of allylic oxidation sites excluding steroid dienone is 1. The molecule has 0 heterocycles. The third-order valence-electron chi connectivity index (χ3n) is 2.77. The van der Waals surface area contributed by atoms with Crippen molar-refractivity contribution >= 4 is 33.5 Å². The van der Waals surface area contributed by atoms with Crippen molar-refractivity contribution in [2.75, 3.05) is 0 Å². The minimum Gasteiger partial charge on any atom is -0.507 e. The number of rotatable bonds is 4. The molecule has 0 aromatic heterocycles. The summed E-state index contributed by atoms with van der Waals surface area (Å²) in [7, 11) is 0. The van der Waals surface area contributed by atoms with E-state index in [0.717, 1.165) is 10.5 Å². The van der Waals surface area contributed by atoms with Crippen molar-refractivity contribution in [3.63, 3.8) is 0 Å². The molecular formula is C15H10BrNO4. The molecule has 2 rings (SSSR count). The summed E-state index contributed by atoms with van der Waals surface area (Å²) in [6.45, 7) is 0. The van der Waals surface area contributed by atoms with E-state index >= 15 is 0 Å². The lowest BCUT2D eigenvalue weighted by Crippen LogP contribution is -1.93. The number of halogens is 1. The lowest BCUT2D eigenvalue weighted by atomic mass is 10.1. The van der Waals surface area contributed by atoms with E-state index in [1.165, 1.54) is 24.3 Å². The lowest BCUT2D eigenvalue weighted by Gasteiger charge is -1.99. The predicted octanol–water partition coefficient (Wildman–Crippen LogP) is 3.96. The molecule has 1 N–H and O–H groups in total. The van der Waals surface area contributed by atoms with Crippen LogP contribution in [-0.2, 0) is 0 Å². The summed E-state index contributed by atoms with van der Waals surface area (Å²) in [6, 6.07) is 10.6. The van der Waals surface area contributed by atoms with E-state index in [9.17, 15) is 20.0 Å². The number of ketones is 1. The Balaban J connectivity index is 2.19. The van der Waals surface area contributed by atoms with Crippen molar-refractivity contribution < 1.29 is 14.8 Å². The molecular weight excluding hydrogens is 338 g/mol. The molecule has 106 valence electrons. The van der Waals surface area contributed by atoms with Crippen LogP contribution in [0, 0.1) is 10.1 Å². The number of nitro groups is 1. The summed E-state index contributed by atoms with van der Waals surface area (Å²) in [6.07, 6.45) is 2.73. The van der Waals surface area contributed by atoms with E-state index in [2.05, 4.69) is 15.9 Å². The number of carbonyl (C=O) groups is 1. The van der Waals surface area contributed by atoms with E-state index in [1.54, 1.807) is 24.3 Å². The quantitative estimate of drug-likeness (QED) is 0.393. The van der Waals surface area contributed by atoms with Crippen LogP contribution in [0.2, 0.25) is 0 Å². The molecule has 6 heteroatoms. The number of non-ortho nitro benzene ring substituents is 1. The Morgan fingerprint density at radius 1 is 1.19 bits per heavy atom. The van der Waals surface area contributed by atoms with Crippen molar-refractivity contribution in [2.24, 2.45) is 0 Å². The number of nitrogens with zero attached hydrogens (tertiary/aromatic N) is 1. The van der Waals surface area contributed by atoms with Gasteiger partial charge in [0.1, 0.15) is 5.75 Å². The summed E-state index contributed by atoms with van der Waals surface area (Å²) in [5.41, 5.74) is 0.644. The maximum Gasteiger partial charge on any atom is 0.273 e. The zero-order valence-electron chi connectivity index (χ0n) is 10.7. The Kier molecular flexibility index (Phi) is 4.49. The van der Waals surface area contributed by atoms with Gasteiger partial charge >= 0.3 is 0 Å². The fourth-order valence-corrected chi connectivity index (χ4v) is 1.93. The van der Waals surface area contributed by atoms with Crippen LogP contribution >= 0.6 is 15.9 Å². The van der Waals surface area contributed by atoms with Crippen molar-refractivity contribution in [3.8, 4) is 5.75 Å². The molecule has 0 bridgehead atoms. The van der Waals surface area contributed by atoms with Gasteiger partial charge in [-0.15, -0.1) is 0 Å². The first-order valence-corrected chi connectivity index (χ1v) is 6.72. The minimum atomic E-state index is -0.597. The van der Waals surface area contributed by atoms with Crippen LogP contribution in [0.1, 0.15) is 15.9 Å². The van der Waals surface area contributed by atoms with E-state index in [-0.39, 0.29) is 17.2 Å². The van der Waals surface area contributed by atoms with Crippen molar-refractivity contribution in [1.29, 1.82) is 0 Å². The molecule has 0 fully saturated rings. The molecule has 0 unspecified atom stereocenters. The molecule has 0 aliphatic carbocycles. The van der Waals surface area contributed by atoms with Gasteiger partial charge < -0.3 is 5.11 Å². The van der Waals surface area contributed by atoms with Crippen LogP contribution in [0.4, 0.5) is 5.69 Å². The molecule has 0 aliphatic rings. The molecule has 0 radical (unpaired) electrons. The van der Waals surface area contributed by atoms with Gasteiger partial charge in [0.05, 0.1) is 11.0 Å². The van der Waals surface area contributed by atoms with Gasteiger partial charge in [0.25, 0.3) is 5.69 Å². The molecule has 0 saturated carbocycles. The van der Waals surface area contributed by atoms with Crippen LogP contribution in [0.3, 0.4) is 0 Å². The molecule has 2 aromatic rings. The van der Waals surface area contributed by atoms with E-state index in [0.29, 0.717) is 11.1 Å². The van der Waals surface area contributed by atoms with Crippen molar-refractivity contribution in [1.82, 2.24) is 0 Å². The van der Waals surface area contributed by atoms with Crippen LogP contribution in [-0.4, -0.2) is 15.8 Å². The average Bonchev–Trinajstić information content (AvgIpc) is 2.46. The van der Waals surface area contributed by atoms with Crippen LogP contribution in [0.5, 0.6) is 5.75 Å². The monoisotopic (exact) mass is 347 g/mol. The van der Waals surface area contributed by atoms with Gasteiger partial charge in [-0.2, -0.15) is 0 Å². The van der Waals surface area contributed by atoms with Gasteiger partial charge in [-0.25, -0.2) is 0 Å². The highest BCUT2D eigenvalue weighted by Gasteiger charge is 2.09. The van der Waals surface area contributed by atoms with E-state index in [1.807, 2.05) is 0 Å². The predicted molar refractivity (Wildman–Crippen MR) is 82.3 cm³/mol. The number of phenolic OH excluding ortho intramolecular Hbond substituents is 1. The Labute approximate surface area is 128 Å². The maximum absolute atomic E-state index is 11.9. The summed E-state index contributed by atoms with van der Waals surface area (Å²) in [4.78, 5) is 21.9. The fraction of sp³-hybridized carbons (Fsp3) is 0. The zero-order valence-corrected chi connectivity index (χ0v) is 12.3. The second-order valence-electron chi connectivity index (χ2n) is 4.20. The highest BCUT2D eigenvalue weighted by molar-refractivity contribution is 9.10. The van der Waals surface area contributed by atoms with E-state index in [4.69, 9.17) is 0 Å². The van der Waals surface area contributed by atoms with Crippen LogP contribution < -0.4 is 0 Å². The van der Waals surface area contributed by atoms with Crippen LogP contribution in [0.15, 0.2) is 53.0 Å². The maximum atomic E-state index is 11.9. The van der Waals surface area contributed by atoms with Gasteiger partial charge in [-0.3, -0.25) is 14.9 Å². The van der Waals surface area contributed by atoms with Crippen molar-refractivity contribution in [3.05, 3.63) is 74.3 Å². The van der Waals surface area contributed by atoms with Gasteiger partial charge in [-0.1, -0.05) is 15.9 Å². The molecule has 0 saturated heterocycles. The Morgan fingerprint density at radius 3 is 2.43 bits per heavy atom. The Bertz CT molecular complexity index is 723. The van der Waals surface area contributed by atoms with E-state index < -0.39 is 4.92 Å². The van der Waals surface area contributed by atoms with Gasteiger partial charge in [0.2, 0.25) is 0 Å². The highest BCUT2D eigenvalue weighted by atomic mass is 79.9. The third kappa shape index (κ3) is 3.76. The third-order valence-corrected chi connectivity index (χ3v) is 3.30. The van der Waals surface area contributed by atoms with Gasteiger partial charge in [-0.05, 0) is 42.5 Å². The summed E-state index contributed by atoms with van der Waals surface area (Å²) in [5.74, 6) is -0.468. The molecule has 0 atom stereocenters. The van der Waals surface area contributed by atoms with Crippen LogP contribution in [0.25, 0.3) is 6.08 Å². The first-order valence-electron chi connectivity index (χ1n) is 5.93. The first-order chi connectivity index (χ1) is 9.97. The minimum absolute atomic E-state index is 0.205. The topological polar surface area (TPSA) is 80.4 Å². The number of carbonyl (C=O) groups excluding carboxylic acids is 1. The second-order valence-corrected chi connectivity index (χ2v) is 5.12. The first kappa shape index (κ1) is 14.9. The normalized spacial score (nSPS) is 10.7. The second kappa shape index (κ2) is 6.32. The highest BCUT2D eigenvalue weighted by Crippen LogP contribution is 2.24. The van der Waals surface area contributed by atoms with Crippen molar-refractivity contribution in [2.45, 2.75) is 0 Å². The molecule has 5 nitrogen and oxygen atoms in total. The number of aromatic hydroxyl groups is 1. The average molecular weight is 348 g/mol. The standard InChI is InChI=1S/C15H10BrNO4/c16-12-5-1-10(2-6-12)14(18)8-4-11-3-7-13(17(20)21)9-15(11)19/h1-9,19H/b8-4+. The molecule has 0 amide bonds. The zero-order chi connectivity index (χ0) is 15.4. The van der Waals surface area contributed by atoms with Gasteiger partial charge in [0, 0.05) is 21.7 Å². The molecule has 21 heavy (non-hydrogen) atoms.